The Morgan fingerprint density at radius 3 is 1.23 bits per heavy atom. The van der Waals surface area contributed by atoms with Crippen molar-refractivity contribution in [3.8, 4) is 0 Å². The van der Waals surface area contributed by atoms with Gasteiger partial charge in [0.15, 0.2) is 0 Å². The molecular weight excluding hydrogens is 242 g/mol. The van der Waals surface area contributed by atoms with Crippen molar-refractivity contribution in [1.29, 1.82) is 0 Å². The molecule has 0 fully saturated rings. The van der Waals surface area contributed by atoms with E-state index in [1.54, 1.807) is 0 Å². The maximum absolute atomic E-state index is 2.86. The fourth-order valence-electron chi connectivity index (χ4n) is 0.556. The van der Waals surface area contributed by atoms with Gasteiger partial charge in [-0.1, -0.05) is 12.8 Å². The van der Waals surface area contributed by atoms with E-state index in [9.17, 15) is 0 Å². The first-order valence-corrected chi connectivity index (χ1v) is 3.15. The predicted molar refractivity (Wildman–Crippen MR) is 42.5 cm³/mol. The third-order valence-electron chi connectivity index (χ3n) is 0.992. The maximum Gasteiger partial charge on any atom is 4.00 e. The molecule has 0 aliphatic heterocycles. The van der Waals surface area contributed by atoms with Crippen LogP contribution in [0.3, 0.4) is 0 Å². The molecule has 2 aliphatic rings. The quantitative estimate of drug-likeness (QED) is 0.306. The average Bonchev–Trinajstić information content (AvgIpc) is 2.67. The molecule has 3 radical (unpaired) electrons. The van der Waals surface area contributed by atoms with Crippen LogP contribution < -0.4 is 24.8 Å². The Morgan fingerprint density at radius 1 is 0.769 bits per heavy atom. The topological polar surface area (TPSA) is 0 Å². The SMILES string of the molecule is C1=C[CH][CH-]C=1.C1=C[CH][CH-]C=1.[Cl-].[Cl-].[V+4]. The third-order valence-corrected chi connectivity index (χ3v) is 0.992. The minimum Gasteiger partial charge on any atom is -1.00 e. The largest absolute Gasteiger partial charge is 4.00 e. The predicted octanol–water partition coefficient (Wildman–Crippen LogP) is -3.75. The second kappa shape index (κ2) is 14.5. The first-order chi connectivity index (χ1) is 5.00. The summed E-state index contributed by atoms with van der Waals surface area (Å²) >= 11 is 0. The summed E-state index contributed by atoms with van der Waals surface area (Å²) in [6.45, 7) is 0. The number of hydrogen-bond acceptors (Lipinski definition) is 0. The summed E-state index contributed by atoms with van der Waals surface area (Å²) in [5, 5.41) is 0. The molecule has 3 heteroatoms. The van der Waals surface area contributed by atoms with Gasteiger partial charge in [-0.15, -0.1) is 0 Å². The van der Waals surface area contributed by atoms with Gasteiger partial charge in [-0.05, 0) is 0 Å². The van der Waals surface area contributed by atoms with E-state index in [-0.39, 0.29) is 43.4 Å². The Bertz CT molecular complexity index is 169. The third kappa shape index (κ3) is 11.9. The van der Waals surface area contributed by atoms with E-state index in [1.807, 2.05) is 50.0 Å². The number of hydrogen-bond donors (Lipinski definition) is 0. The van der Waals surface area contributed by atoms with E-state index in [2.05, 4.69) is 11.5 Å². The van der Waals surface area contributed by atoms with Crippen molar-refractivity contribution >= 4 is 0 Å². The van der Waals surface area contributed by atoms with Crippen LogP contribution in [-0.4, -0.2) is 0 Å². The van der Waals surface area contributed by atoms with Crippen molar-refractivity contribution in [1.82, 2.24) is 0 Å². The Balaban J connectivity index is -0.000000125. The van der Waals surface area contributed by atoms with E-state index in [4.69, 9.17) is 0 Å². The molecule has 0 N–H and O–H groups in total. The summed E-state index contributed by atoms with van der Waals surface area (Å²) in [7, 11) is 0. The fourth-order valence-corrected chi connectivity index (χ4v) is 0.556. The van der Waals surface area contributed by atoms with Crippen LogP contribution in [0.2, 0.25) is 0 Å². The van der Waals surface area contributed by atoms with Crippen molar-refractivity contribution in [2.24, 2.45) is 0 Å². The van der Waals surface area contributed by atoms with E-state index in [0.29, 0.717) is 0 Å². The van der Waals surface area contributed by atoms with E-state index in [1.165, 1.54) is 0 Å². The molecule has 67 valence electrons. The summed E-state index contributed by atoms with van der Waals surface area (Å²) < 4.78 is 0. The monoisotopic (exact) mass is 249 g/mol. The second-order valence-corrected chi connectivity index (χ2v) is 1.77. The normalized spacial score (nSPS) is 12.3. The molecule has 13 heavy (non-hydrogen) atoms. The van der Waals surface area contributed by atoms with E-state index < -0.39 is 0 Å². The molecule has 0 nitrogen and oxygen atoms in total. The van der Waals surface area contributed by atoms with Gasteiger partial charge < -0.3 is 36.3 Å². The fraction of sp³-hybridized carbons (Fsp3) is 0. The number of allylic oxidation sites excluding steroid dienone is 2. The molecule has 0 saturated heterocycles. The van der Waals surface area contributed by atoms with Gasteiger partial charge in [0.1, 0.15) is 0 Å². The zero-order chi connectivity index (χ0) is 7.07. The number of halogens is 2. The van der Waals surface area contributed by atoms with E-state index >= 15 is 0 Å². The van der Waals surface area contributed by atoms with Crippen molar-refractivity contribution in [2.75, 3.05) is 0 Å². The zero-order valence-corrected chi connectivity index (χ0v) is 9.73. The van der Waals surface area contributed by atoms with Crippen molar-refractivity contribution in [3.05, 3.63) is 61.4 Å². The summed E-state index contributed by atoms with van der Waals surface area (Å²) in [5.74, 6) is 0. The molecule has 0 unspecified atom stereocenters. The van der Waals surface area contributed by atoms with Gasteiger partial charge in [0.2, 0.25) is 0 Å². The Hall–Kier alpha value is -0.0556. The Morgan fingerprint density at radius 2 is 1.15 bits per heavy atom. The molecule has 0 atom stereocenters. The smallest absolute Gasteiger partial charge is 1.00 e. The molecule has 0 aromatic heterocycles. The number of rotatable bonds is 0. The van der Waals surface area contributed by atoms with Gasteiger partial charge in [0.05, 0.1) is 0 Å². The van der Waals surface area contributed by atoms with Crippen LogP contribution in [0.5, 0.6) is 0 Å². The minimum atomic E-state index is 0. The van der Waals surface area contributed by atoms with Crippen LogP contribution in [0.4, 0.5) is 0 Å². The molecule has 0 spiro atoms. The zero-order valence-electron chi connectivity index (χ0n) is 6.82. The molecule has 0 heterocycles. The van der Waals surface area contributed by atoms with Crippen molar-refractivity contribution in [2.45, 2.75) is 0 Å². The first-order valence-electron chi connectivity index (χ1n) is 3.15. The molecule has 0 aromatic carbocycles. The van der Waals surface area contributed by atoms with Gasteiger partial charge >= 0.3 is 18.6 Å². The van der Waals surface area contributed by atoms with Gasteiger partial charge in [0.25, 0.3) is 0 Å². The van der Waals surface area contributed by atoms with Gasteiger partial charge in [-0.2, -0.15) is 12.2 Å². The van der Waals surface area contributed by atoms with Crippen molar-refractivity contribution < 1.29 is 43.4 Å². The summed E-state index contributed by atoms with van der Waals surface area (Å²) in [6.07, 6.45) is 15.3. The van der Waals surface area contributed by atoms with Crippen LogP contribution in [-0.2, 0) is 18.6 Å². The molecule has 2 rings (SSSR count). The molecule has 2 aliphatic carbocycles. The summed E-state index contributed by atoms with van der Waals surface area (Å²) in [4.78, 5) is 0. The summed E-state index contributed by atoms with van der Waals surface area (Å²) in [6, 6.07) is 0. The minimum absolute atomic E-state index is 0. The molecule has 0 aromatic rings. The average molecular weight is 250 g/mol. The van der Waals surface area contributed by atoms with Gasteiger partial charge in [-0.3, -0.25) is 0 Å². The molecule has 0 saturated carbocycles. The van der Waals surface area contributed by atoms with Crippen molar-refractivity contribution in [3.63, 3.8) is 0 Å². The standard InChI is InChI=1S/2C5H4.2ClH.V/c2*1-2-4-5-3-1;;;/h2*1-4H;2*1H;/q2*-1;;;+4/p-2. The summed E-state index contributed by atoms with van der Waals surface area (Å²) in [5.41, 5.74) is 5.72. The Kier molecular flexibility index (Phi) is 20.8. The van der Waals surface area contributed by atoms with Crippen LogP contribution >= 0.6 is 0 Å². The van der Waals surface area contributed by atoms with Crippen LogP contribution in [0.25, 0.3) is 0 Å². The van der Waals surface area contributed by atoms with Crippen LogP contribution in [0.15, 0.2) is 35.8 Å². The Labute approximate surface area is 105 Å². The van der Waals surface area contributed by atoms with E-state index in [0.717, 1.165) is 0 Å². The van der Waals surface area contributed by atoms with Crippen LogP contribution in [0, 0.1) is 25.7 Å². The second-order valence-electron chi connectivity index (χ2n) is 1.77. The molecule has 0 bridgehead atoms. The van der Waals surface area contributed by atoms with Crippen LogP contribution in [0.1, 0.15) is 0 Å². The maximum atomic E-state index is 2.86. The first kappa shape index (κ1) is 18.7. The molecule has 0 amide bonds. The van der Waals surface area contributed by atoms with Gasteiger partial charge in [0, 0.05) is 0 Å². The van der Waals surface area contributed by atoms with Gasteiger partial charge in [-0.25, -0.2) is 25.0 Å². The molecular formula is C10H8Cl2V.